The minimum absolute atomic E-state index is 0.820. The third-order valence-corrected chi connectivity index (χ3v) is 19.2. The van der Waals surface area contributed by atoms with Crippen LogP contribution in [0.3, 0.4) is 0 Å². The van der Waals surface area contributed by atoms with Crippen LogP contribution in [0.5, 0.6) is 0 Å². The van der Waals surface area contributed by atoms with E-state index in [2.05, 4.69) is 91.9 Å². The van der Waals surface area contributed by atoms with Gasteiger partial charge in [0.25, 0.3) is 0 Å². The van der Waals surface area contributed by atoms with E-state index in [1.54, 1.807) is 0 Å². The van der Waals surface area contributed by atoms with Crippen LogP contribution in [0.4, 0.5) is 0 Å². The summed E-state index contributed by atoms with van der Waals surface area (Å²) < 4.78 is 0.820. The zero-order valence-electron chi connectivity index (χ0n) is 15.0. The van der Waals surface area contributed by atoms with Gasteiger partial charge in [0.2, 0.25) is 0 Å². The number of benzene rings is 1. The summed E-state index contributed by atoms with van der Waals surface area (Å²) in [4.78, 5) is 5.94. The third kappa shape index (κ3) is 5.62. The number of hydrogen-bond acceptors (Lipinski definition) is 2. The van der Waals surface area contributed by atoms with Crippen molar-refractivity contribution < 1.29 is 0 Å². The molecule has 1 aromatic heterocycles. The molecule has 0 radical (unpaired) electrons. The molecule has 0 N–H and O–H groups in total. The number of rotatable bonds is 7. The topological polar surface area (TPSA) is 12.9 Å². The zero-order chi connectivity index (χ0) is 16.9. The number of aryl methyl sites for hydroxylation is 1. The summed E-state index contributed by atoms with van der Waals surface area (Å²) in [6, 6.07) is 18.5. The van der Waals surface area contributed by atoms with Crippen LogP contribution in [-0.4, -0.2) is 25.6 Å². The van der Waals surface area contributed by atoms with Crippen LogP contribution in [0.25, 0.3) is 0 Å². The van der Waals surface area contributed by atoms with Gasteiger partial charge in [-0.15, -0.1) is 11.8 Å². The van der Waals surface area contributed by atoms with E-state index in [1.165, 1.54) is 16.6 Å². The van der Waals surface area contributed by atoms with E-state index >= 15 is 0 Å². The number of nitrogens with zero attached hydrogens (tertiary/aromatic N) is 1. The van der Waals surface area contributed by atoms with Crippen LogP contribution in [-0.2, 0) is 6.42 Å². The summed E-state index contributed by atoms with van der Waals surface area (Å²) in [5.41, 5.74) is 1.24. The molecule has 1 aromatic carbocycles. The molecule has 2 rings (SSSR count). The highest BCUT2D eigenvalue weighted by atomic mass is 32.2. The molecule has 1 unspecified atom stereocenters. The Morgan fingerprint density at radius 3 is 2.13 bits per heavy atom. The van der Waals surface area contributed by atoms with Crippen LogP contribution in [0.2, 0.25) is 38.8 Å². The second-order valence-corrected chi connectivity index (χ2v) is 20.9. The molecular formula is C19H29NSSi2. The summed E-state index contributed by atoms with van der Waals surface area (Å²) in [5, 5.41) is 0. The Labute approximate surface area is 148 Å². The Balaban J connectivity index is 2.13. The molecule has 1 nitrogen and oxygen atoms in total. The molecule has 0 fully saturated rings. The fraction of sp³-hybridized carbons (Fsp3) is 0.421. The maximum Gasteiger partial charge on any atom is 0.0593 e. The van der Waals surface area contributed by atoms with Gasteiger partial charge in [0, 0.05) is 16.8 Å². The third-order valence-electron chi connectivity index (χ3n) is 4.25. The van der Waals surface area contributed by atoms with Crippen LogP contribution in [0.15, 0.2) is 59.6 Å². The highest BCUT2D eigenvalue weighted by molar-refractivity contribution is 8.03. The largest absolute Gasteiger partial charge is 0.261 e. The lowest BCUT2D eigenvalue weighted by molar-refractivity contribution is 1.00. The van der Waals surface area contributed by atoms with E-state index in [1.807, 2.05) is 12.3 Å². The lowest BCUT2D eigenvalue weighted by Gasteiger charge is -2.40. The minimum Gasteiger partial charge on any atom is -0.261 e. The van der Waals surface area contributed by atoms with Crippen molar-refractivity contribution in [2.45, 2.75) is 54.6 Å². The second kappa shape index (κ2) is 7.82. The normalized spacial score (nSPS) is 13.8. The van der Waals surface area contributed by atoms with Gasteiger partial charge in [-0.25, -0.2) is 0 Å². The summed E-state index contributed by atoms with van der Waals surface area (Å²) in [5.74, 6) is 0. The van der Waals surface area contributed by atoms with E-state index in [4.69, 9.17) is 0 Å². The standard InChI is InChI=1S/C19H29NSSi2/c1-22(2,3)19(21-18-12-7-6-8-13-18)23(4,5)16-14-17-11-9-10-15-20-17/h6-13,15,19H,14,16H2,1-5H3. The monoisotopic (exact) mass is 359 g/mol. The first-order chi connectivity index (χ1) is 10.8. The number of aromatic nitrogens is 1. The van der Waals surface area contributed by atoms with Crippen molar-refractivity contribution in [3.63, 3.8) is 0 Å². The van der Waals surface area contributed by atoms with Crippen molar-refractivity contribution in [1.29, 1.82) is 0 Å². The Hall–Kier alpha value is -0.846. The van der Waals surface area contributed by atoms with Crippen molar-refractivity contribution in [1.82, 2.24) is 4.98 Å². The van der Waals surface area contributed by atoms with Crippen molar-refractivity contribution in [2.75, 3.05) is 0 Å². The molecule has 0 saturated carbocycles. The minimum atomic E-state index is -1.35. The number of pyridine rings is 1. The van der Waals surface area contributed by atoms with Crippen LogP contribution in [0, 0.1) is 0 Å². The molecule has 0 saturated heterocycles. The highest BCUT2D eigenvalue weighted by Gasteiger charge is 2.41. The van der Waals surface area contributed by atoms with Gasteiger partial charge in [-0.05, 0) is 35.2 Å². The number of hydrogen-bond donors (Lipinski definition) is 0. The first-order valence-electron chi connectivity index (χ1n) is 8.41. The zero-order valence-corrected chi connectivity index (χ0v) is 17.9. The second-order valence-electron chi connectivity index (χ2n) is 7.99. The van der Waals surface area contributed by atoms with Gasteiger partial charge in [0.05, 0.1) is 16.1 Å². The van der Waals surface area contributed by atoms with E-state index in [9.17, 15) is 0 Å². The van der Waals surface area contributed by atoms with Gasteiger partial charge in [-0.1, -0.05) is 63.0 Å². The van der Waals surface area contributed by atoms with E-state index in [-0.39, 0.29) is 0 Å². The van der Waals surface area contributed by atoms with Gasteiger partial charge < -0.3 is 0 Å². The van der Waals surface area contributed by atoms with Gasteiger partial charge in [0.15, 0.2) is 0 Å². The molecular weight excluding hydrogens is 330 g/mol. The lowest BCUT2D eigenvalue weighted by atomic mass is 10.3. The van der Waals surface area contributed by atoms with E-state index < -0.39 is 16.1 Å². The van der Waals surface area contributed by atoms with Crippen molar-refractivity contribution in [3.8, 4) is 0 Å². The SMILES string of the molecule is C[Si](C)(C)C(Sc1ccccc1)[Si](C)(C)CCc1ccccn1. The summed E-state index contributed by atoms with van der Waals surface area (Å²) >= 11 is 2.14. The molecule has 124 valence electrons. The van der Waals surface area contributed by atoms with Crippen molar-refractivity contribution in [3.05, 3.63) is 60.4 Å². The van der Waals surface area contributed by atoms with E-state index in [0.29, 0.717) is 0 Å². The summed E-state index contributed by atoms with van der Waals surface area (Å²) in [6.07, 6.45) is 3.04. The average molecular weight is 360 g/mol. The molecule has 0 bridgehead atoms. The van der Waals surface area contributed by atoms with Gasteiger partial charge in [-0.3, -0.25) is 4.98 Å². The predicted octanol–water partition coefficient (Wildman–Crippen LogP) is 5.91. The number of thioether (sulfide) groups is 1. The Morgan fingerprint density at radius 2 is 1.57 bits per heavy atom. The first kappa shape index (κ1) is 18.5. The van der Waals surface area contributed by atoms with Crippen LogP contribution < -0.4 is 0 Å². The molecule has 2 aromatic rings. The van der Waals surface area contributed by atoms with Gasteiger partial charge >= 0.3 is 0 Å². The first-order valence-corrected chi connectivity index (χ1v) is 16.1. The molecule has 0 amide bonds. The fourth-order valence-corrected chi connectivity index (χ4v) is 18.7. The quantitative estimate of drug-likeness (QED) is 0.450. The lowest BCUT2D eigenvalue weighted by Crippen LogP contribution is -2.53. The molecule has 1 heterocycles. The predicted molar refractivity (Wildman–Crippen MR) is 110 cm³/mol. The Bertz CT molecular complexity index is 594. The van der Waals surface area contributed by atoms with Crippen LogP contribution in [0.1, 0.15) is 5.69 Å². The molecule has 4 heteroatoms. The Kier molecular flexibility index (Phi) is 6.28. The maximum absolute atomic E-state index is 4.51. The maximum atomic E-state index is 4.51. The molecule has 0 aliphatic rings. The highest BCUT2D eigenvalue weighted by Crippen LogP contribution is 2.38. The van der Waals surface area contributed by atoms with Crippen molar-refractivity contribution >= 4 is 27.9 Å². The van der Waals surface area contributed by atoms with Crippen molar-refractivity contribution in [2.24, 2.45) is 0 Å². The summed E-state index contributed by atoms with van der Waals surface area (Å²) in [7, 11) is -2.59. The molecule has 0 spiro atoms. The molecule has 0 aliphatic carbocycles. The molecule has 1 atom stereocenters. The average Bonchev–Trinajstić information content (AvgIpc) is 2.52. The van der Waals surface area contributed by atoms with E-state index in [0.717, 1.165) is 10.9 Å². The fourth-order valence-electron chi connectivity index (χ4n) is 3.27. The van der Waals surface area contributed by atoms with Gasteiger partial charge in [0.1, 0.15) is 0 Å². The Morgan fingerprint density at radius 1 is 0.913 bits per heavy atom. The summed E-state index contributed by atoms with van der Waals surface area (Å²) in [6.45, 7) is 12.7. The van der Waals surface area contributed by atoms with Crippen LogP contribution >= 0.6 is 11.8 Å². The molecule has 0 aliphatic heterocycles. The van der Waals surface area contributed by atoms with Gasteiger partial charge in [-0.2, -0.15) is 0 Å². The smallest absolute Gasteiger partial charge is 0.0593 e. The molecule has 23 heavy (non-hydrogen) atoms.